The molecule has 0 atom stereocenters. The van der Waals surface area contributed by atoms with Gasteiger partial charge in [0.05, 0.1) is 0 Å². The summed E-state index contributed by atoms with van der Waals surface area (Å²) in [5.41, 5.74) is 8.13. The van der Waals surface area contributed by atoms with Crippen LogP contribution in [0.1, 0.15) is 0 Å². The Kier molecular flexibility index (Phi) is 7.25. The van der Waals surface area contributed by atoms with Crippen molar-refractivity contribution in [1.29, 1.82) is 0 Å². The predicted octanol–water partition coefficient (Wildman–Crippen LogP) is 15.4. The lowest BCUT2D eigenvalue weighted by atomic mass is 9.96. The summed E-state index contributed by atoms with van der Waals surface area (Å²) in [6, 6.07) is 78.0. The van der Waals surface area contributed by atoms with E-state index in [-0.39, 0.29) is 0 Å². The van der Waals surface area contributed by atoms with Gasteiger partial charge < -0.3 is 4.90 Å². The van der Waals surface area contributed by atoms with E-state index in [4.69, 9.17) is 0 Å². The average Bonchev–Trinajstić information content (AvgIpc) is 3.26. The number of rotatable bonds is 5. The van der Waals surface area contributed by atoms with E-state index >= 15 is 0 Å². The Morgan fingerprint density at radius 3 is 1.11 bits per heavy atom. The molecular weight excluding hydrogens is 663 g/mol. The van der Waals surface area contributed by atoms with Gasteiger partial charge in [-0.1, -0.05) is 164 Å². The quantitative estimate of drug-likeness (QED) is 0.162. The molecule has 0 unspecified atom stereocenters. The predicted molar refractivity (Wildman–Crippen MR) is 237 cm³/mol. The zero-order valence-electron chi connectivity index (χ0n) is 30.2. The minimum atomic E-state index is 1.11. The molecule has 0 heterocycles. The Morgan fingerprint density at radius 2 is 0.564 bits per heavy atom. The summed E-state index contributed by atoms with van der Waals surface area (Å²) < 4.78 is 0. The molecule has 11 aromatic carbocycles. The second-order valence-corrected chi connectivity index (χ2v) is 14.6. The maximum absolute atomic E-state index is 2.40. The third-order valence-electron chi connectivity index (χ3n) is 11.4. The molecule has 256 valence electrons. The first kappa shape index (κ1) is 31.3. The molecule has 0 spiro atoms. The molecule has 55 heavy (non-hydrogen) atoms. The molecule has 0 N–H and O–H groups in total. The second-order valence-electron chi connectivity index (χ2n) is 14.6. The number of anilines is 3. The third kappa shape index (κ3) is 5.40. The average molecular weight is 698 g/mol. The first-order valence-corrected chi connectivity index (χ1v) is 19.0. The first-order valence-electron chi connectivity index (χ1n) is 19.0. The highest BCUT2D eigenvalue weighted by Crippen LogP contribution is 2.41. The van der Waals surface area contributed by atoms with Crippen molar-refractivity contribution < 1.29 is 0 Å². The van der Waals surface area contributed by atoms with Gasteiger partial charge in [-0.05, 0) is 135 Å². The third-order valence-corrected chi connectivity index (χ3v) is 11.4. The van der Waals surface area contributed by atoms with Crippen LogP contribution in [0.3, 0.4) is 0 Å². The summed E-state index contributed by atoms with van der Waals surface area (Å²) >= 11 is 0. The van der Waals surface area contributed by atoms with E-state index in [1.54, 1.807) is 0 Å². The van der Waals surface area contributed by atoms with Gasteiger partial charge in [-0.15, -0.1) is 0 Å². The van der Waals surface area contributed by atoms with Gasteiger partial charge in [0.1, 0.15) is 0 Å². The van der Waals surface area contributed by atoms with Crippen LogP contribution >= 0.6 is 0 Å². The van der Waals surface area contributed by atoms with Crippen molar-refractivity contribution >= 4 is 81.7 Å². The lowest BCUT2D eigenvalue weighted by molar-refractivity contribution is 1.29. The Hall–Kier alpha value is -7.22. The van der Waals surface area contributed by atoms with Gasteiger partial charge >= 0.3 is 0 Å². The van der Waals surface area contributed by atoms with Crippen LogP contribution < -0.4 is 4.90 Å². The molecule has 0 aliphatic heterocycles. The van der Waals surface area contributed by atoms with Crippen molar-refractivity contribution in [1.82, 2.24) is 0 Å². The summed E-state index contributed by atoms with van der Waals surface area (Å²) in [6.45, 7) is 0. The zero-order valence-corrected chi connectivity index (χ0v) is 30.2. The molecule has 0 aliphatic carbocycles. The molecule has 11 rings (SSSR count). The summed E-state index contributed by atoms with van der Waals surface area (Å²) in [5, 5.41) is 15.1. The molecule has 0 saturated heterocycles. The van der Waals surface area contributed by atoms with Gasteiger partial charge in [-0.3, -0.25) is 0 Å². The lowest BCUT2D eigenvalue weighted by Gasteiger charge is -2.27. The summed E-state index contributed by atoms with van der Waals surface area (Å²) in [5.74, 6) is 0. The largest absolute Gasteiger partial charge is 0.310 e. The van der Waals surface area contributed by atoms with Crippen molar-refractivity contribution in [2.45, 2.75) is 0 Å². The van der Waals surface area contributed by atoms with Crippen LogP contribution in [0.5, 0.6) is 0 Å². The maximum atomic E-state index is 2.40. The minimum absolute atomic E-state index is 1.11. The highest BCUT2D eigenvalue weighted by Gasteiger charge is 2.16. The number of hydrogen-bond acceptors (Lipinski definition) is 1. The monoisotopic (exact) mass is 697 g/mol. The smallest absolute Gasteiger partial charge is 0.0468 e. The Labute approximate surface area is 320 Å². The summed E-state index contributed by atoms with van der Waals surface area (Å²) in [6.07, 6.45) is 0. The van der Waals surface area contributed by atoms with E-state index in [0.29, 0.717) is 0 Å². The highest BCUT2D eigenvalue weighted by atomic mass is 15.1. The molecule has 11 aromatic rings. The molecule has 0 radical (unpaired) electrons. The molecule has 0 fully saturated rings. The van der Waals surface area contributed by atoms with Crippen LogP contribution in [0.15, 0.2) is 212 Å². The standard InChI is InChI=1S/C54H35N/c1-4-13-49-37(8-1)16-19-40-22-24-44(33-52(40)49)36-26-29-46(30-27-36)55(48-31-28-42-21-18-39-10-3-6-15-51(39)54(42)35-48)47-12-7-11-43(32-47)45-25-23-41-20-17-38-9-2-5-14-50(38)53(41)34-45/h1-35H. The van der Waals surface area contributed by atoms with E-state index in [1.165, 1.54) is 86.9 Å². The van der Waals surface area contributed by atoms with Crippen molar-refractivity contribution in [2.24, 2.45) is 0 Å². The van der Waals surface area contributed by atoms with E-state index < -0.39 is 0 Å². The van der Waals surface area contributed by atoms with Crippen LogP contribution in [0.25, 0.3) is 86.9 Å². The molecule has 0 aliphatic rings. The van der Waals surface area contributed by atoms with Gasteiger partial charge in [0.15, 0.2) is 0 Å². The van der Waals surface area contributed by atoms with Crippen LogP contribution in [0.2, 0.25) is 0 Å². The van der Waals surface area contributed by atoms with Crippen LogP contribution in [-0.4, -0.2) is 0 Å². The van der Waals surface area contributed by atoms with Crippen LogP contribution in [0, 0.1) is 0 Å². The fraction of sp³-hybridized carbons (Fsp3) is 0. The van der Waals surface area contributed by atoms with Crippen molar-refractivity contribution in [2.75, 3.05) is 4.90 Å². The highest BCUT2D eigenvalue weighted by molar-refractivity contribution is 6.11. The SMILES string of the molecule is c1cc(-c2ccc3ccc4ccccc4c3c2)cc(N(c2ccc(-c3ccc4ccc5ccccc5c4c3)cc2)c2ccc3ccc4ccccc4c3c2)c1. The molecule has 0 bridgehead atoms. The van der Waals surface area contributed by atoms with E-state index in [0.717, 1.165) is 17.1 Å². The zero-order chi connectivity index (χ0) is 36.3. The van der Waals surface area contributed by atoms with Crippen LogP contribution in [0.4, 0.5) is 17.1 Å². The van der Waals surface area contributed by atoms with Gasteiger partial charge in [0.2, 0.25) is 0 Å². The number of hydrogen-bond donors (Lipinski definition) is 0. The molecule has 1 heteroatoms. The maximum Gasteiger partial charge on any atom is 0.0468 e. The topological polar surface area (TPSA) is 3.24 Å². The Balaban J connectivity index is 1.06. The minimum Gasteiger partial charge on any atom is -0.310 e. The molecule has 0 aromatic heterocycles. The van der Waals surface area contributed by atoms with Crippen molar-refractivity contribution in [3.63, 3.8) is 0 Å². The second kappa shape index (κ2) is 12.7. The normalized spacial score (nSPS) is 11.6. The van der Waals surface area contributed by atoms with Gasteiger partial charge in [0.25, 0.3) is 0 Å². The fourth-order valence-electron chi connectivity index (χ4n) is 8.57. The summed E-state index contributed by atoms with van der Waals surface area (Å²) in [4.78, 5) is 2.40. The van der Waals surface area contributed by atoms with Gasteiger partial charge in [-0.2, -0.15) is 0 Å². The molecular formula is C54H35N. The Bertz CT molecular complexity index is 3260. The molecule has 0 amide bonds. The van der Waals surface area contributed by atoms with Crippen molar-refractivity contribution in [3.8, 4) is 22.3 Å². The molecule has 1 nitrogen and oxygen atoms in total. The number of nitrogens with zero attached hydrogens (tertiary/aromatic N) is 1. The number of benzene rings is 11. The fourth-order valence-corrected chi connectivity index (χ4v) is 8.57. The van der Waals surface area contributed by atoms with Crippen LogP contribution in [-0.2, 0) is 0 Å². The summed E-state index contributed by atoms with van der Waals surface area (Å²) in [7, 11) is 0. The number of fused-ring (bicyclic) bond motifs is 9. The van der Waals surface area contributed by atoms with E-state index in [2.05, 4.69) is 217 Å². The lowest BCUT2D eigenvalue weighted by Crippen LogP contribution is -2.10. The van der Waals surface area contributed by atoms with Gasteiger partial charge in [0, 0.05) is 17.1 Å². The van der Waals surface area contributed by atoms with E-state index in [9.17, 15) is 0 Å². The van der Waals surface area contributed by atoms with Gasteiger partial charge in [-0.25, -0.2) is 0 Å². The van der Waals surface area contributed by atoms with Crippen molar-refractivity contribution in [3.05, 3.63) is 212 Å². The van der Waals surface area contributed by atoms with E-state index in [1.807, 2.05) is 0 Å². The molecule has 0 saturated carbocycles. The first-order chi connectivity index (χ1) is 27.2. The Morgan fingerprint density at radius 1 is 0.200 bits per heavy atom.